The lowest BCUT2D eigenvalue weighted by Gasteiger charge is -2.62. The molecule has 0 aromatic heterocycles. The van der Waals surface area contributed by atoms with Crippen molar-refractivity contribution in [3.05, 3.63) is 12.2 Å². The van der Waals surface area contributed by atoms with Crippen molar-refractivity contribution in [3.8, 4) is 0 Å². The Kier molecular flexibility index (Phi) is 3.30. The van der Waals surface area contributed by atoms with E-state index < -0.39 is 5.97 Å². The van der Waals surface area contributed by atoms with Crippen molar-refractivity contribution in [3.63, 3.8) is 0 Å². The molecule has 2 N–H and O–H groups in total. The van der Waals surface area contributed by atoms with Crippen LogP contribution in [-0.4, -0.2) is 22.3 Å². The Hall–Kier alpha value is -0.830. The van der Waals surface area contributed by atoms with Crippen molar-refractivity contribution in [2.24, 2.45) is 40.4 Å². The van der Waals surface area contributed by atoms with Crippen LogP contribution in [0, 0.1) is 40.4 Å². The fourth-order valence-corrected chi connectivity index (χ4v) is 7.64. The average Bonchev–Trinajstić information content (AvgIpc) is 2.66. The zero-order valence-electron chi connectivity index (χ0n) is 14.4. The van der Waals surface area contributed by atoms with Gasteiger partial charge in [-0.3, -0.25) is 4.79 Å². The molecule has 8 atom stereocenters. The first-order chi connectivity index (χ1) is 10.8. The quantitative estimate of drug-likeness (QED) is 0.722. The standard InChI is InChI=1S/C20H30O3/c1-11-8-14(18(22)23)15-6-7-20-10-13(12(2)17(20)21)4-5-16(20)19(15,3)9-11/h11,13-17,21H,2,4-10H2,1,3H3,(H,22,23)/t11?,13?,14?,15?,16?,17-,19?,20?/m0/s1. The summed E-state index contributed by atoms with van der Waals surface area (Å²) in [6.07, 6.45) is 6.92. The Bertz CT molecular complexity index is 555. The van der Waals surface area contributed by atoms with Gasteiger partial charge in [-0.15, -0.1) is 0 Å². The van der Waals surface area contributed by atoms with E-state index in [0.29, 0.717) is 17.8 Å². The number of carboxylic acids is 1. The molecule has 23 heavy (non-hydrogen) atoms. The van der Waals surface area contributed by atoms with Crippen LogP contribution in [0.2, 0.25) is 0 Å². The van der Waals surface area contributed by atoms with Crippen LogP contribution in [0.15, 0.2) is 12.2 Å². The second-order valence-corrected chi connectivity index (χ2v) is 9.38. The number of carbonyl (C=O) groups is 1. The topological polar surface area (TPSA) is 57.5 Å². The number of hydrogen-bond donors (Lipinski definition) is 2. The molecular formula is C20H30O3. The molecule has 1 spiro atoms. The summed E-state index contributed by atoms with van der Waals surface area (Å²) in [6.45, 7) is 8.77. The van der Waals surface area contributed by atoms with Crippen LogP contribution in [0.5, 0.6) is 0 Å². The van der Waals surface area contributed by atoms with Crippen LogP contribution in [0.1, 0.15) is 58.8 Å². The third-order valence-corrected chi connectivity index (χ3v) is 8.36. The molecule has 4 fully saturated rings. The van der Waals surface area contributed by atoms with Gasteiger partial charge in [-0.2, -0.15) is 0 Å². The molecule has 0 aliphatic heterocycles. The van der Waals surface area contributed by atoms with Crippen LogP contribution in [0.4, 0.5) is 0 Å². The van der Waals surface area contributed by atoms with Gasteiger partial charge < -0.3 is 10.2 Å². The molecule has 2 bridgehead atoms. The molecule has 128 valence electrons. The summed E-state index contributed by atoms with van der Waals surface area (Å²) in [6, 6.07) is 0. The SMILES string of the molecule is C=C1C2CCC3C4(C)CC(C)CC(C(=O)O)C4CCC3(C2)[C@H]1O. The Morgan fingerprint density at radius 1 is 1.26 bits per heavy atom. The number of hydrogen-bond acceptors (Lipinski definition) is 2. The lowest BCUT2D eigenvalue weighted by Crippen LogP contribution is -2.58. The molecule has 4 saturated carbocycles. The zero-order chi connectivity index (χ0) is 16.6. The third-order valence-electron chi connectivity index (χ3n) is 8.36. The molecule has 0 aromatic rings. The minimum atomic E-state index is -0.603. The molecule has 4 rings (SSSR count). The summed E-state index contributed by atoms with van der Waals surface area (Å²) >= 11 is 0. The number of aliphatic hydroxyl groups excluding tert-OH is 1. The summed E-state index contributed by atoms with van der Waals surface area (Å²) in [5, 5.41) is 20.7. The first-order valence-corrected chi connectivity index (χ1v) is 9.39. The zero-order valence-corrected chi connectivity index (χ0v) is 14.4. The number of rotatable bonds is 1. The lowest BCUT2D eigenvalue weighted by molar-refractivity contribution is -0.176. The molecule has 4 aliphatic carbocycles. The highest BCUT2D eigenvalue weighted by Crippen LogP contribution is 2.70. The van der Waals surface area contributed by atoms with Crippen LogP contribution in [0.3, 0.4) is 0 Å². The Morgan fingerprint density at radius 2 is 2.00 bits per heavy atom. The van der Waals surface area contributed by atoms with Gasteiger partial charge in [-0.1, -0.05) is 20.4 Å². The van der Waals surface area contributed by atoms with E-state index in [-0.39, 0.29) is 28.8 Å². The number of aliphatic carboxylic acids is 1. The van der Waals surface area contributed by atoms with Gasteiger partial charge in [0.15, 0.2) is 0 Å². The summed E-state index contributed by atoms with van der Waals surface area (Å²) in [5.74, 6) is 0.910. The molecule has 0 heterocycles. The van der Waals surface area contributed by atoms with E-state index >= 15 is 0 Å². The monoisotopic (exact) mass is 318 g/mol. The van der Waals surface area contributed by atoms with Crippen molar-refractivity contribution in [1.29, 1.82) is 0 Å². The summed E-state index contributed by atoms with van der Waals surface area (Å²) < 4.78 is 0. The predicted octanol–water partition coefficient (Wildman–Crippen LogP) is 3.87. The second kappa shape index (κ2) is 4.84. The highest BCUT2D eigenvalue weighted by atomic mass is 16.4. The summed E-state index contributed by atoms with van der Waals surface area (Å²) in [4.78, 5) is 11.9. The number of carboxylic acid groups (broad SMARTS) is 1. The Morgan fingerprint density at radius 3 is 2.70 bits per heavy atom. The maximum atomic E-state index is 11.9. The van der Waals surface area contributed by atoms with E-state index in [2.05, 4.69) is 20.4 Å². The summed E-state index contributed by atoms with van der Waals surface area (Å²) in [5.41, 5.74) is 1.12. The smallest absolute Gasteiger partial charge is 0.306 e. The highest BCUT2D eigenvalue weighted by Gasteiger charge is 2.66. The van der Waals surface area contributed by atoms with Gasteiger partial charge in [-0.05, 0) is 79.6 Å². The number of fused-ring (bicyclic) bond motifs is 3. The van der Waals surface area contributed by atoms with Crippen LogP contribution < -0.4 is 0 Å². The van der Waals surface area contributed by atoms with E-state index in [0.717, 1.165) is 50.5 Å². The Labute approximate surface area is 139 Å². The number of aliphatic hydroxyl groups is 1. The van der Waals surface area contributed by atoms with Gasteiger partial charge in [0.25, 0.3) is 0 Å². The first kappa shape index (κ1) is 15.7. The van der Waals surface area contributed by atoms with Gasteiger partial charge >= 0.3 is 5.97 Å². The van der Waals surface area contributed by atoms with Crippen LogP contribution in [-0.2, 0) is 4.79 Å². The largest absolute Gasteiger partial charge is 0.481 e. The van der Waals surface area contributed by atoms with E-state index in [9.17, 15) is 15.0 Å². The second-order valence-electron chi connectivity index (χ2n) is 9.38. The van der Waals surface area contributed by atoms with Crippen molar-refractivity contribution in [2.75, 3.05) is 0 Å². The van der Waals surface area contributed by atoms with Gasteiger partial charge in [0, 0.05) is 5.41 Å². The molecule has 0 radical (unpaired) electrons. The summed E-state index contributed by atoms with van der Waals surface area (Å²) in [7, 11) is 0. The Balaban J connectivity index is 1.76. The van der Waals surface area contributed by atoms with E-state index in [4.69, 9.17) is 0 Å². The normalized spacial score (nSPS) is 55.2. The van der Waals surface area contributed by atoms with Gasteiger partial charge in [0.05, 0.1) is 12.0 Å². The van der Waals surface area contributed by atoms with Crippen molar-refractivity contribution in [1.82, 2.24) is 0 Å². The van der Waals surface area contributed by atoms with Crippen LogP contribution >= 0.6 is 0 Å². The average molecular weight is 318 g/mol. The molecule has 7 unspecified atom stereocenters. The van der Waals surface area contributed by atoms with Gasteiger partial charge in [0.1, 0.15) is 0 Å². The van der Waals surface area contributed by atoms with E-state index in [1.54, 1.807) is 0 Å². The van der Waals surface area contributed by atoms with Crippen molar-refractivity contribution >= 4 is 5.97 Å². The maximum absolute atomic E-state index is 11.9. The third kappa shape index (κ3) is 1.89. The molecule has 0 saturated heterocycles. The highest BCUT2D eigenvalue weighted by molar-refractivity contribution is 5.70. The molecule has 3 nitrogen and oxygen atoms in total. The fraction of sp³-hybridized carbons (Fsp3) is 0.850. The van der Waals surface area contributed by atoms with Gasteiger partial charge in [-0.25, -0.2) is 0 Å². The minimum absolute atomic E-state index is 0.00857. The first-order valence-electron chi connectivity index (χ1n) is 9.39. The molecule has 0 amide bonds. The minimum Gasteiger partial charge on any atom is -0.481 e. The molecule has 0 aromatic carbocycles. The predicted molar refractivity (Wildman–Crippen MR) is 88.8 cm³/mol. The van der Waals surface area contributed by atoms with Crippen LogP contribution in [0.25, 0.3) is 0 Å². The molecular weight excluding hydrogens is 288 g/mol. The molecule has 4 aliphatic rings. The maximum Gasteiger partial charge on any atom is 0.306 e. The van der Waals surface area contributed by atoms with E-state index in [1.807, 2.05) is 0 Å². The molecule has 3 heteroatoms. The van der Waals surface area contributed by atoms with Gasteiger partial charge in [0.2, 0.25) is 0 Å². The fourth-order valence-electron chi connectivity index (χ4n) is 7.64. The lowest BCUT2D eigenvalue weighted by atomic mass is 9.42. The van der Waals surface area contributed by atoms with Crippen molar-refractivity contribution in [2.45, 2.75) is 64.9 Å². The van der Waals surface area contributed by atoms with Crippen molar-refractivity contribution < 1.29 is 15.0 Å². The van der Waals surface area contributed by atoms with E-state index in [1.165, 1.54) is 0 Å².